The first-order chi connectivity index (χ1) is 17.2. The van der Waals surface area contributed by atoms with Crippen LogP contribution in [0.1, 0.15) is 49.9 Å². The molecule has 1 atom stereocenters. The van der Waals surface area contributed by atoms with Crippen LogP contribution in [0.4, 0.5) is 0 Å². The first-order valence-electron chi connectivity index (χ1n) is 12.7. The first-order valence-corrected chi connectivity index (χ1v) is 12.7. The highest BCUT2D eigenvalue weighted by Crippen LogP contribution is 2.40. The van der Waals surface area contributed by atoms with Crippen molar-refractivity contribution in [3.8, 4) is 5.75 Å². The topological polar surface area (TPSA) is 80.5 Å². The molecule has 0 saturated carbocycles. The average molecular weight is 494 g/mol. The number of nitrogens with zero attached hydrogens (tertiary/aromatic N) is 1. The number of Topliss-reactive ketones (excluding diaryl/α,β-unsaturated/α-hetero) is 1. The lowest BCUT2D eigenvalue weighted by Gasteiger charge is -2.28. The number of nitrogens with one attached hydrogen (secondary N) is 1. The Morgan fingerprint density at radius 2 is 1.69 bits per heavy atom. The number of aliphatic hydroxyl groups is 1. The van der Waals surface area contributed by atoms with Crippen LogP contribution in [0, 0.1) is 0 Å². The van der Waals surface area contributed by atoms with Gasteiger partial charge in [0.1, 0.15) is 24.6 Å². The lowest BCUT2D eigenvalue weighted by Crippen LogP contribution is -3.14. The molecule has 192 valence electrons. The smallest absolute Gasteiger partial charge is 0.295 e. The lowest BCUT2D eigenvalue weighted by molar-refractivity contribution is -0.908. The largest absolute Gasteiger partial charge is 0.507 e. The second-order valence-electron chi connectivity index (χ2n) is 10.6. The van der Waals surface area contributed by atoms with E-state index in [1.165, 1.54) is 4.90 Å². The maximum absolute atomic E-state index is 13.3. The van der Waals surface area contributed by atoms with Crippen LogP contribution < -0.4 is 9.64 Å². The summed E-state index contributed by atoms with van der Waals surface area (Å²) in [5.41, 5.74) is 2.56. The van der Waals surface area contributed by atoms with Crippen LogP contribution in [0.5, 0.6) is 5.75 Å². The Morgan fingerprint density at radius 1 is 1.06 bits per heavy atom. The van der Waals surface area contributed by atoms with Crippen molar-refractivity contribution in [2.75, 3.05) is 46.5 Å². The van der Waals surface area contributed by atoms with Crippen molar-refractivity contribution in [3.05, 3.63) is 70.8 Å². The molecule has 7 heteroatoms. The molecule has 1 amide bonds. The van der Waals surface area contributed by atoms with Gasteiger partial charge in [0.15, 0.2) is 0 Å². The Bertz CT molecular complexity index is 1110. The Balaban J connectivity index is 1.68. The van der Waals surface area contributed by atoms with Gasteiger partial charge >= 0.3 is 0 Å². The zero-order valence-electron chi connectivity index (χ0n) is 21.7. The maximum Gasteiger partial charge on any atom is 0.295 e. The summed E-state index contributed by atoms with van der Waals surface area (Å²) in [4.78, 5) is 29.6. The van der Waals surface area contributed by atoms with Crippen molar-refractivity contribution in [1.82, 2.24) is 4.90 Å². The number of methoxy groups -OCH3 is 1. The molecule has 2 aliphatic heterocycles. The van der Waals surface area contributed by atoms with Gasteiger partial charge < -0.3 is 24.4 Å². The van der Waals surface area contributed by atoms with E-state index in [9.17, 15) is 14.7 Å². The summed E-state index contributed by atoms with van der Waals surface area (Å²) in [6, 6.07) is 14.2. The summed E-state index contributed by atoms with van der Waals surface area (Å²) >= 11 is 0. The lowest BCUT2D eigenvalue weighted by atomic mass is 9.85. The van der Waals surface area contributed by atoms with Crippen molar-refractivity contribution >= 4 is 17.4 Å². The van der Waals surface area contributed by atoms with Crippen LogP contribution in [0.3, 0.4) is 0 Å². The first kappa shape index (κ1) is 25.9. The van der Waals surface area contributed by atoms with Gasteiger partial charge in [0.2, 0.25) is 0 Å². The molecule has 2 N–H and O–H groups in total. The molecule has 0 aliphatic carbocycles. The fourth-order valence-electron chi connectivity index (χ4n) is 4.94. The molecule has 36 heavy (non-hydrogen) atoms. The molecule has 0 aromatic heterocycles. The highest BCUT2D eigenvalue weighted by molar-refractivity contribution is 6.46. The minimum absolute atomic E-state index is 0.0234. The van der Waals surface area contributed by atoms with Crippen LogP contribution in [-0.4, -0.2) is 68.2 Å². The molecule has 2 aromatic rings. The molecule has 2 aliphatic rings. The number of carbonyl (C=O) groups excluding carboxylic acids is 2. The summed E-state index contributed by atoms with van der Waals surface area (Å²) in [6.45, 7) is 11.2. The summed E-state index contributed by atoms with van der Waals surface area (Å²) in [5, 5.41) is 11.3. The Hall–Kier alpha value is -3.16. The number of rotatable bonds is 7. The number of quaternary nitrogens is 1. The van der Waals surface area contributed by atoms with Gasteiger partial charge in [-0.1, -0.05) is 45.0 Å². The average Bonchev–Trinajstić information content (AvgIpc) is 3.13. The number of morpholine rings is 1. The highest BCUT2D eigenvalue weighted by atomic mass is 16.5. The zero-order valence-corrected chi connectivity index (χ0v) is 21.7. The van der Waals surface area contributed by atoms with Crippen molar-refractivity contribution in [1.29, 1.82) is 0 Å². The van der Waals surface area contributed by atoms with Crippen molar-refractivity contribution < 1.29 is 29.1 Å². The Morgan fingerprint density at radius 3 is 2.28 bits per heavy atom. The van der Waals surface area contributed by atoms with E-state index >= 15 is 0 Å². The molecule has 4 rings (SSSR count). The number of hydrogen-bond acceptors (Lipinski definition) is 5. The van der Waals surface area contributed by atoms with Gasteiger partial charge in [-0.25, -0.2) is 0 Å². The van der Waals surface area contributed by atoms with Gasteiger partial charge in [0.05, 0.1) is 38.5 Å². The van der Waals surface area contributed by atoms with Crippen molar-refractivity contribution in [2.45, 2.75) is 38.6 Å². The van der Waals surface area contributed by atoms with E-state index in [1.54, 1.807) is 36.3 Å². The second-order valence-corrected chi connectivity index (χ2v) is 10.6. The Labute approximate surface area is 213 Å². The van der Waals surface area contributed by atoms with Gasteiger partial charge in [-0.15, -0.1) is 0 Å². The second kappa shape index (κ2) is 10.8. The minimum Gasteiger partial charge on any atom is -0.507 e. The highest BCUT2D eigenvalue weighted by Gasteiger charge is 2.46. The summed E-state index contributed by atoms with van der Waals surface area (Å²) in [7, 11) is 1.57. The standard InChI is InChI=1S/C29H36N2O5/c1-29(2,3)22-10-6-20(7-11-22)25-24(26(32)21-8-12-23(35-4)13-9-21)27(33)28(34)31(25)15-5-14-30-16-18-36-19-17-30/h6-13,25,32H,5,14-19H2,1-4H3/p+1/t25-/m0/s1. The third kappa shape index (κ3) is 5.47. The van der Waals surface area contributed by atoms with E-state index in [0.29, 0.717) is 17.9 Å². The fourth-order valence-corrected chi connectivity index (χ4v) is 4.94. The van der Waals surface area contributed by atoms with Crippen LogP contribution in [0.15, 0.2) is 54.1 Å². The monoisotopic (exact) mass is 493 g/mol. The molecule has 2 saturated heterocycles. The van der Waals surface area contributed by atoms with Gasteiger partial charge in [-0.2, -0.15) is 0 Å². The van der Waals surface area contributed by atoms with Gasteiger partial charge in [0, 0.05) is 18.5 Å². The molecular weight excluding hydrogens is 456 g/mol. The molecule has 2 aromatic carbocycles. The van der Waals surface area contributed by atoms with Crippen LogP contribution in [0.25, 0.3) is 5.76 Å². The van der Waals surface area contributed by atoms with E-state index in [2.05, 4.69) is 20.8 Å². The van der Waals surface area contributed by atoms with Gasteiger partial charge in [-0.05, 0) is 40.8 Å². The molecule has 2 fully saturated rings. The normalized spacial score (nSPS) is 20.7. The number of hydrogen-bond donors (Lipinski definition) is 2. The number of carbonyl (C=O) groups is 2. The van der Waals surface area contributed by atoms with E-state index < -0.39 is 17.7 Å². The maximum atomic E-state index is 13.3. The van der Waals surface area contributed by atoms with E-state index in [0.717, 1.165) is 50.4 Å². The van der Waals surface area contributed by atoms with Crippen LogP contribution in [0.2, 0.25) is 0 Å². The zero-order chi connectivity index (χ0) is 25.9. The quantitative estimate of drug-likeness (QED) is 0.352. The summed E-state index contributed by atoms with van der Waals surface area (Å²) in [5.74, 6) is -0.729. The van der Waals surface area contributed by atoms with Crippen LogP contribution in [-0.2, 0) is 19.7 Å². The van der Waals surface area contributed by atoms with Gasteiger partial charge in [0.25, 0.3) is 11.7 Å². The van der Waals surface area contributed by atoms with Gasteiger partial charge in [-0.3, -0.25) is 9.59 Å². The van der Waals surface area contributed by atoms with E-state index in [-0.39, 0.29) is 16.7 Å². The predicted molar refractivity (Wildman–Crippen MR) is 138 cm³/mol. The third-order valence-corrected chi connectivity index (χ3v) is 7.13. The third-order valence-electron chi connectivity index (χ3n) is 7.13. The molecule has 0 radical (unpaired) electrons. The molecule has 0 bridgehead atoms. The number of ketones is 1. The molecule has 0 spiro atoms. The number of benzene rings is 2. The fraction of sp³-hybridized carbons (Fsp3) is 0.448. The number of likely N-dealkylation sites (tertiary alicyclic amines) is 1. The van der Waals surface area contributed by atoms with E-state index in [1.807, 2.05) is 24.3 Å². The molecular formula is C29H37N2O5+. The molecule has 7 nitrogen and oxygen atoms in total. The SMILES string of the molecule is COc1ccc(C(O)=C2C(=O)C(=O)N(CCC[NH+]3CCOCC3)[C@H]2c2ccc(C(C)(C)C)cc2)cc1. The number of ether oxygens (including phenoxy) is 2. The van der Waals surface area contributed by atoms with Crippen molar-refractivity contribution in [2.24, 2.45) is 0 Å². The number of amides is 1. The molecule has 2 heterocycles. The summed E-state index contributed by atoms with van der Waals surface area (Å²) in [6.07, 6.45) is 0.765. The summed E-state index contributed by atoms with van der Waals surface area (Å²) < 4.78 is 10.7. The van der Waals surface area contributed by atoms with Crippen molar-refractivity contribution in [3.63, 3.8) is 0 Å². The molecule has 0 unspecified atom stereocenters. The predicted octanol–water partition coefficient (Wildman–Crippen LogP) is 2.72. The van der Waals surface area contributed by atoms with Crippen LogP contribution >= 0.6 is 0 Å². The Kier molecular flexibility index (Phi) is 7.81. The minimum atomic E-state index is -0.646. The number of aliphatic hydroxyl groups excluding tert-OH is 1. The van der Waals surface area contributed by atoms with E-state index in [4.69, 9.17) is 9.47 Å².